The molecule has 2 fully saturated rings. The van der Waals surface area contributed by atoms with Gasteiger partial charge in [-0.3, -0.25) is 4.79 Å². The van der Waals surface area contributed by atoms with E-state index in [0.717, 1.165) is 37.1 Å². The number of aryl methyl sites for hydroxylation is 1. The van der Waals surface area contributed by atoms with Crippen molar-refractivity contribution >= 4 is 5.91 Å². The quantitative estimate of drug-likeness (QED) is 0.598. The third-order valence-electron chi connectivity index (χ3n) is 8.27. The standard InChI is InChI=1S/C28H32N4O4/c1-18-30-26(36-31-18)23-15-20(19-7-4-3-5-8-19)11-13-32(23)27(33)22-16-29-17-28(22)12-14-35-25-21(28)9-6-10-24(25)34-2/h3-10,20,22-23,29H,11-17H2,1-2H3/t20-,22+,23+,28+/m1/s1. The molecular weight excluding hydrogens is 456 g/mol. The van der Waals surface area contributed by atoms with Crippen molar-refractivity contribution < 1.29 is 18.8 Å². The van der Waals surface area contributed by atoms with Crippen LogP contribution in [0.1, 0.15) is 54.1 Å². The Kier molecular flexibility index (Phi) is 5.91. The first-order chi connectivity index (χ1) is 17.6. The number of fused-ring (bicyclic) bond motifs is 2. The summed E-state index contributed by atoms with van der Waals surface area (Å²) in [6, 6.07) is 16.3. The molecule has 0 bridgehead atoms. The summed E-state index contributed by atoms with van der Waals surface area (Å²) in [6.07, 6.45) is 2.44. The zero-order valence-corrected chi connectivity index (χ0v) is 20.8. The third kappa shape index (κ3) is 3.75. The summed E-state index contributed by atoms with van der Waals surface area (Å²) in [5.74, 6) is 2.85. The third-order valence-corrected chi connectivity index (χ3v) is 8.27. The van der Waals surface area contributed by atoms with Gasteiger partial charge in [-0.1, -0.05) is 47.6 Å². The molecule has 0 unspecified atom stereocenters. The summed E-state index contributed by atoms with van der Waals surface area (Å²) < 4.78 is 17.3. The Balaban J connectivity index is 1.34. The van der Waals surface area contributed by atoms with Gasteiger partial charge in [0.25, 0.3) is 0 Å². The van der Waals surface area contributed by atoms with Crippen molar-refractivity contribution in [2.75, 3.05) is 33.4 Å². The van der Waals surface area contributed by atoms with Crippen LogP contribution in [0, 0.1) is 12.8 Å². The van der Waals surface area contributed by atoms with Gasteiger partial charge >= 0.3 is 0 Å². The van der Waals surface area contributed by atoms with Crippen molar-refractivity contribution in [2.45, 2.75) is 43.6 Å². The van der Waals surface area contributed by atoms with Crippen LogP contribution in [-0.2, 0) is 10.2 Å². The van der Waals surface area contributed by atoms with Crippen molar-refractivity contribution in [2.24, 2.45) is 5.92 Å². The van der Waals surface area contributed by atoms with Crippen molar-refractivity contribution in [3.05, 3.63) is 71.4 Å². The normalized spacial score (nSPS) is 27.5. The van der Waals surface area contributed by atoms with Gasteiger partial charge in [-0.2, -0.15) is 4.98 Å². The van der Waals surface area contributed by atoms with Crippen LogP contribution in [0.2, 0.25) is 0 Å². The van der Waals surface area contributed by atoms with Gasteiger partial charge in [-0.15, -0.1) is 0 Å². The monoisotopic (exact) mass is 488 g/mol. The summed E-state index contributed by atoms with van der Waals surface area (Å²) in [6.45, 7) is 4.39. The molecule has 2 saturated heterocycles. The number of rotatable bonds is 4. The lowest BCUT2D eigenvalue weighted by atomic mass is 9.68. The molecule has 4 atom stereocenters. The number of likely N-dealkylation sites (tertiary alicyclic amines) is 1. The number of ether oxygens (including phenoxy) is 2. The Morgan fingerprint density at radius 3 is 2.83 bits per heavy atom. The van der Waals surface area contributed by atoms with Crippen LogP contribution in [0.4, 0.5) is 0 Å². The van der Waals surface area contributed by atoms with Gasteiger partial charge < -0.3 is 24.2 Å². The second-order valence-electron chi connectivity index (χ2n) is 10.1. The Morgan fingerprint density at radius 2 is 2.06 bits per heavy atom. The lowest BCUT2D eigenvalue weighted by Gasteiger charge is -2.44. The van der Waals surface area contributed by atoms with E-state index in [1.54, 1.807) is 7.11 Å². The van der Waals surface area contributed by atoms with E-state index in [9.17, 15) is 4.79 Å². The topological polar surface area (TPSA) is 89.7 Å². The Morgan fingerprint density at radius 1 is 1.19 bits per heavy atom. The summed E-state index contributed by atoms with van der Waals surface area (Å²) in [5.41, 5.74) is 2.00. The molecule has 36 heavy (non-hydrogen) atoms. The van der Waals surface area contributed by atoms with Gasteiger partial charge in [-0.05, 0) is 43.7 Å². The number of carbonyl (C=O) groups is 1. The van der Waals surface area contributed by atoms with Crippen LogP contribution in [-0.4, -0.2) is 54.3 Å². The zero-order chi connectivity index (χ0) is 24.7. The molecule has 0 aliphatic carbocycles. The van der Waals surface area contributed by atoms with E-state index < -0.39 is 0 Å². The molecule has 1 aromatic heterocycles. The van der Waals surface area contributed by atoms with Crippen LogP contribution in [0.5, 0.6) is 11.5 Å². The number of methoxy groups -OCH3 is 1. The van der Waals surface area contributed by atoms with Gasteiger partial charge in [0.05, 0.1) is 19.6 Å². The molecular formula is C28H32N4O4. The molecule has 6 rings (SSSR count). The Bertz CT molecular complexity index is 1250. The second-order valence-corrected chi connectivity index (χ2v) is 10.1. The number of hydrogen-bond acceptors (Lipinski definition) is 7. The lowest BCUT2D eigenvalue weighted by Crippen LogP contribution is -2.51. The molecule has 0 radical (unpaired) electrons. The van der Waals surface area contributed by atoms with Crippen molar-refractivity contribution in [3.63, 3.8) is 0 Å². The van der Waals surface area contributed by atoms with E-state index in [0.29, 0.717) is 43.1 Å². The van der Waals surface area contributed by atoms with E-state index >= 15 is 0 Å². The fraction of sp³-hybridized carbons (Fsp3) is 0.464. The predicted octanol–water partition coefficient (Wildman–Crippen LogP) is 3.77. The first-order valence-electron chi connectivity index (χ1n) is 12.8. The lowest BCUT2D eigenvalue weighted by molar-refractivity contribution is -0.142. The molecule has 3 aliphatic heterocycles. The minimum absolute atomic E-state index is 0.142. The van der Waals surface area contributed by atoms with Crippen molar-refractivity contribution in [1.29, 1.82) is 0 Å². The second kappa shape index (κ2) is 9.24. The summed E-state index contributed by atoms with van der Waals surface area (Å²) >= 11 is 0. The molecule has 188 valence electrons. The average molecular weight is 489 g/mol. The molecule has 1 N–H and O–H groups in total. The number of nitrogens with zero attached hydrogens (tertiary/aromatic N) is 3. The van der Waals surface area contributed by atoms with E-state index in [-0.39, 0.29) is 23.3 Å². The maximum absolute atomic E-state index is 14.4. The highest BCUT2D eigenvalue weighted by Gasteiger charge is 2.53. The maximum Gasteiger partial charge on any atom is 0.249 e. The first-order valence-corrected chi connectivity index (χ1v) is 12.8. The molecule has 3 aliphatic rings. The highest BCUT2D eigenvalue weighted by molar-refractivity contribution is 5.82. The van der Waals surface area contributed by atoms with Crippen LogP contribution in [0.25, 0.3) is 0 Å². The SMILES string of the molecule is COc1cccc2c1OCC[C@]21CNC[C@H]1C(=O)N1CC[C@@H](c2ccccc2)C[C@H]1c1nc(C)no1. The minimum atomic E-state index is -0.342. The summed E-state index contributed by atoms with van der Waals surface area (Å²) in [5, 5.41) is 7.58. The number of hydrogen-bond donors (Lipinski definition) is 1. The molecule has 4 heterocycles. The Labute approximate surface area is 211 Å². The smallest absolute Gasteiger partial charge is 0.249 e. The van der Waals surface area contributed by atoms with Crippen molar-refractivity contribution in [1.82, 2.24) is 20.4 Å². The number of para-hydroxylation sites is 1. The van der Waals surface area contributed by atoms with E-state index in [1.807, 2.05) is 30.0 Å². The van der Waals surface area contributed by atoms with Gasteiger partial charge in [0, 0.05) is 30.6 Å². The van der Waals surface area contributed by atoms with E-state index in [4.69, 9.17) is 14.0 Å². The minimum Gasteiger partial charge on any atom is -0.493 e. The molecule has 8 nitrogen and oxygen atoms in total. The number of aromatic nitrogens is 2. The molecule has 1 amide bonds. The highest BCUT2D eigenvalue weighted by Crippen LogP contribution is 2.50. The van der Waals surface area contributed by atoms with Crippen LogP contribution in [0.3, 0.4) is 0 Å². The average Bonchev–Trinajstić information content (AvgIpc) is 3.55. The van der Waals surface area contributed by atoms with Crippen LogP contribution in [0.15, 0.2) is 53.1 Å². The molecule has 1 spiro atoms. The highest BCUT2D eigenvalue weighted by atomic mass is 16.5. The van der Waals surface area contributed by atoms with Gasteiger partial charge in [0.1, 0.15) is 6.04 Å². The maximum atomic E-state index is 14.4. The number of amides is 1. The summed E-state index contributed by atoms with van der Waals surface area (Å²) in [7, 11) is 1.66. The van der Waals surface area contributed by atoms with Crippen LogP contribution >= 0.6 is 0 Å². The van der Waals surface area contributed by atoms with Crippen LogP contribution < -0.4 is 14.8 Å². The zero-order valence-electron chi connectivity index (χ0n) is 20.8. The number of benzene rings is 2. The first kappa shape index (κ1) is 23.0. The summed E-state index contributed by atoms with van der Waals surface area (Å²) in [4.78, 5) is 21.0. The van der Waals surface area contributed by atoms with Gasteiger partial charge in [0.15, 0.2) is 17.3 Å². The number of carbonyl (C=O) groups excluding carboxylic acids is 1. The fourth-order valence-electron chi connectivity index (χ4n) is 6.45. The largest absolute Gasteiger partial charge is 0.493 e. The number of nitrogens with one attached hydrogen (secondary N) is 1. The van der Waals surface area contributed by atoms with Gasteiger partial charge in [-0.25, -0.2) is 0 Å². The van der Waals surface area contributed by atoms with E-state index in [2.05, 4.69) is 45.8 Å². The predicted molar refractivity (Wildman–Crippen MR) is 133 cm³/mol. The number of piperidine rings is 1. The van der Waals surface area contributed by atoms with Gasteiger partial charge in [0.2, 0.25) is 11.8 Å². The molecule has 2 aromatic carbocycles. The van der Waals surface area contributed by atoms with E-state index in [1.165, 1.54) is 5.56 Å². The Hall–Kier alpha value is -3.39. The van der Waals surface area contributed by atoms with Crippen molar-refractivity contribution in [3.8, 4) is 11.5 Å². The molecule has 3 aromatic rings. The fourth-order valence-corrected chi connectivity index (χ4v) is 6.45. The molecule has 0 saturated carbocycles. The molecule has 8 heteroatoms.